The van der Waals surface area contributed by atoms with E-state index >= 15 is 0 Å². The molecule has 0 atom stereocenters. The van der Waals surface area contributed by atoms with Gasteiger partial charge in [0.15, 0.2) is 5.82 Å². The molecule has 3 aromatic heterocycles. The Balaban J connectivity index is 0.00000205. The smallest absolute Gasteiger partial charge is 0.229 e. The number of fused-ring (bicyclic) bond motifs is 1. The van der Waals surface area contributed by atoms with Crippen LogP contribution in [0, 0.1) is 13.8 Å². The Morgan fingerprint density at radius 3 is 2.62 bits per heavy atom. The summed E-state index contributed by atoms with van der Waals surface area (Å²) in [4.78, 5) is 18.6. The maximum absolute atomic E-state index is 6.48. The Morgan fingerprint density at radius 2 is 1.90 bits per heavy atom. The Morgan fingerprint density at radius 1 is 1.17 bits per heavy atom. The highest BCUT2D eigenvalue weighted by atomic mass is 35.5. The summed E-state index contributed by atoms with van der Waals surface area (Å²) in [6.07, 6.45) is 7.84. The van der Waals surface area contributed by atoms with Gasteiger partial charge >= 0.3 is 0 Å². The lowest BCUT2D eigenvalue weighted by atomic mass is 9.95. The van der Waals surface area contributed by atoms with Crippen molar-refractivity contribution in [2.24, 2.45) is 5.73 Å². The lowest BCUT2D eigenvalue weighted by Gasteiger charge is -2.31. The Bertz CT molecular complexity index is 1000. The van der Waals surface area contributed by atoms with Gasteiger partial charge in [-0.05, 0) is 45.1 Å². The molecule has 0 amide bonds. The van der Waals surface area contributed by atoms with Crippen molar-refractivity contribution in [2.75, 3.05) is 18.0 Å². The van der Waals surface area contributed by atoms with E-state index in [9.17, 15) is 0 Å². The van der Waals surface area contributed by atoms with E-state index in [0.717, 1.165) is 68.2 Å². The van der Waals surface area contributed by atoms with Crippen molar-refractivity contribution in [3.8, 4) is 0 Å². The molecule has 0 unspecified atom stereocenters. The molecule has 4 heterocycles. The van der Waals surface area contributed by atoms with Gasteiger partial charge in [0.1, 0.15) is 17.0 Å². The van der Waals surface area contributed by atoms with E-state index in [1.807, 2.05) is 0 Å². The fraction of sp³-hybridized carbons (Fsp3) is 0.600. The van der Waals surface area contributed by atoms with Gasteiger partial charge in [0, 0.05) is 23.9 Å². The number of hydrogen-bond donors (Lipinski definition) is 1. The highest BCUT2D eigenvalue weighted by Crippen LogP contribution is 2.38. The molecular weight excluding hydrogens is 408 g/mol. The Labute approximate surface area is 180 Å². The molecule has 29 heavy (non-hydrogen) atoms. The number of anilines is 1. The lowest BCUT2D eigenvalue weighted by Crippen LogP contribution is -2.35. The summed E-state index contributed by atoms with van der Waals surface area (Å²) in [6, 6.07) is 0. The van der Waals surface area contributed by atoms with E-state index in [1.165, 1.54) is 15.8 Å². The fourth-order valence-corrected chi connectivity index (χ4v) is 5.57. The SMILES string of the molecule is Cc1sc2ncnc(N3CCC(c4nc(C5(N)CCCC5)no4)CC3)c2c1C.Cl. The standard InChI is InChI=1S/C20H26N6OS.ClH/c1-12-13(2)28-18-15(12)16(22-11-23-18)26-9-5-14(6-10-26)17-24-19(25-27-17)20(21)7-3-4-8-20;/h11,14H,3-10,21H2,1-2H3;1H. The minimum atomic E-state index is -0.386. The molecule has 5 rings (SSSR count). The number of aromatic nitrogens is 4. The van der Waals surface area contributed by atoms with Gasteiger partial charge in [-0.25, -0.2) is 9.97 Å². The van der Waals surface area contributed by atoms with Gasteiger partial charge in [0.25, 0.3) is 0 Å². The molecule has 0 bridgehead atoms. The first-order chi connectivity index (χ1) is 13.5. The molecule has 2 aliphatic rings. The number of rotatable bonds is 3. The second-order valence-electron chi connectivity index (χ2n) is 8.24. The van der Waals surface area contributed by atoms with Crippen molar-refractivity contribution in [3.05, 3.63) is 28.5 Å². The first-order valence-corrected chi connectivity index (χ1v) is 11.0. The van der Waals surface area contributed by atoms with E-state index < -0.39 is 0 Å². The summed E-state index contributed by atoms with van der Waals surface area (Å²) in [7, 11) is 0. The minimum Gasteiger partial charge on any atom is -0.356 e. The molecule has 0 spiro atoms. The van der Waals surface area contributed by atoms with Crippen LogP contribution in [0.1, 0.15) is 66.6 Å². The Hall–Kier alpha value is -1.77. The van der Waals surface area contributed by atoms with Crippen molar-refractivity contribution in [3.63, 3.8) is 0 Å². The first-order valence-electron chi connectivity index (χ1n) is 10.1. The average Bonchev–Trinajstić information content (AvgIpc) is 3.43. The van der Waals surface area contributed by atoms with E-state index in [4.69, 9.17) is 15.2 Å². The number of thiophene rings is 1. The van der Waals surface area contributed by atoms with Crippen LogP contribution in [0.3, 0.4) is 0 Å². The van der Waals surface area contributed by atoms with Crippen LogP contribution in [-0.4, -0.2) is 33.2 Å². The van der Waals surface area contributed by atoms with Crippen LogP contribution >= 0.6 is 23.7 Å². The first kappa shape index (κ1) is 20.5. The highest BCUT2D eigenvalue weighted by Gasteiger charge is 2.37. The number of piperidine rings is 1. The van der Waals surface area contributed by atoms with Gasteiger partial charge < -0.3 is 15.2 Å². The van der Waals surface area contributed by atoms with Gasteiger partial charge in [-0.3, -0.25) is 0 Å². The third kappa shape index (κ3) is 3.51. The van der Waals surface area contributed by atoms with Crippen molar-refractivity contribution < 1.29 is 4.52 Å². The fourth-order valence-electron chi connectivity index (χ4n) is 4.57. The summed E-state index contributed by atoms with van der Waals surface area (Å²) >= 11 is 1.75. The van der Waals surface area contributed by atoms with Gasteiger partial charge in [0.05, 0.1) is 10.9 Å². The molecule has 7 nitrogen and oxygen atoms in total. The minimum absolute atomic E-state index is 0. The predicted molar refractivity (Wildman–Crippen MR) is 117 cm³/mol. The molecule has 156 valence electrons. The summed E-state index contributed by atoms with van der Waals surface area (Å²) in [6.45, 7) is 6.17. The third-order valence-electron chi connectivity index (χ3n) is 6.47. The normalized spacial score (nSPS) is 19.6. The zero-order chi connectivity index (χ0) is 19.3. The number of hydrogen-bond acceptors (Lipinski definition) is 8. The Kier molecular flexibility index (Phi) is 5.52. The third-order valence-corrected chi connectivity index (χ3v) is 7.59. The second kappa shape index (κ2) is 7.81. The zero-order valence-electron chi connectivity index (χ0n) is 16.8. The molecule has 1 aliphatic carbocycles. The van der Waals surface area contributed by atoms with Crippen LogP contribution in [0.4, 0.5) is 5.82 Å². The number of nitrogens with two attached hydrogens (primary N) is 1. The van der Waals surface area contributed by atoms with Crippen LogP contribution < -0.4 is 10.6 Å². The summed E-state index contributed by atoms with van der Waals surface area (Å²) < 4.78 is 5.63. The van der Waals surface area contributed by atoms with Gasteiger partial charge in [-0.15, -0.1) is 23.7 Å². The molecular formula is C20H27ClN6OS. The van der Waals surface area contributed by atoms with Crippen molar-refractivity contribution >= 4 is 39.8 Å². The zero-order valence-corrected chi connectivity index (χ0v) is 18.5. The largest absolute Gasteiger partial charge is 0.356 e. The van der Waals surface area contributed by atoms with E-state index in [1.54, 1.807) is 17.7 Å². The molecule has 2 N–H and O–H groups in total. The summed E-state index contributed by atoms with van der Waals surface area (Å²) in [5.74, 6) is 2.81. The summed E-state index contributed by atoms with van der Waals surface area (Å²) in [5, 5.41) is 5.44. The van der Waals surface area contributed by atoms with Gasteiger partial charge in [0.2, 0.25) is 5.89 Å². The van der Waals surface area contributed by atoms with Crippen LogP contribution in [0.15, 0.2) is 10.9 Å². The molecule has 9 heteroatoms. The molecule has 1 aliphatic heterocycles. The van der Waals surface area contributed by atoms with Gasteiger partial charge in [-0.1, -0.05) is 18.0 Å². The average molecular weight is 435 g/mol. The van der Waals surface area contributed by atoms with E-state index in [2.05, 4.69) is 33.9 Å². The van der Waals surface area contributed by atoms with Crippen molar-refractivity contribution in [1.29, 1.82) is 0 Å². The van der Waals surface area contributed by atoms with E-state index in [-0.39, 0.29) is 17.9 Å². The van der Waals surface area contributed by atoms with Crippen molar-refractivity contribution in [1.82, 2.24) is 20.1 Å². The van der Waals surface area contributed by atoms with Gasteiger partial charge in [-0.2, -0.15) is 4.98 Å². The topological polar surface area (TPSA) is 94.0 Å². The lowest BCUT2D eigenvalue weighted by molar-refractivity contribution is 0.317. The number of aryl methyl sites for hydroxylation is 2. The maximum Gasteiger partial charge on any atom is 0.229 e. The number of nitrogens with zero attached hydrogens (tertiary/aromatic N) is 5. The predicted octanol–water partition coefficient (Wildman–Crippen LogP) is 4.22. The van der Waals surface area contributed by atoms with Crippen LogP contribution in [-0.2, 0) is 5.54 Å². The second-order valence-corrected chi connectivity index (χ2v) is 9.44. The molecule has 1 saturated heterocycles. The maximum atomic E-state index is 6.48. The van der Waals surface area contributed by atoms with Crippen LogP contribution in [0.5, 0.6) is 0 Å². The molecule has 0 radical (unpaired) electrons. The highest BCUT2D eigenvalue weighted by molar-refractivity contribution is 7.18. The molecule has 1 saturated carbocycles. The molecule has 3 aromatic rings. The monoisotopic (exact) mass is 434 g/mol. The molecule has 2 fully saturated rings. The van der Waals surface area contributed by atoms with Crippen LogP contribution in [0.2, 0.25) is 0 Å². The molecule has 0 aromatic carbocycles. The summed E-state index contributed by atoms with van der Waals surface area (Å²) in [5.41, 5.74) is 7.39. The van der Waals surface area contributed by atoms with E-state index in [0.29, 0.717) is 11.7 Å². The quantitative estimate of drug-likeness (QED) is 0.659. The van der Waals surface area contributed by atoms with Crippen molar-refractivity contribution in [2.45, 2.75) is 63.8 Å². The number of halogens is 1. The van der Waals surface area contributed by atoms with Crippen LogP contribution in [0.25, 0.3) is 10.2 Å².